The Morgan fingerprint density at radius 2 is 1.65 bits per heavy atom. The molecule has 2 aromatic rings. The van der Waals surface area contributed by atoms with E-state index < -0.39 is 5.97 Å². The molecule has 0 aliphatic rings. The van der Waals surface area contributed by atoms with E-state index in [1.807, 2.05) is 0 Å². The molecule has 4 heteroatoms. The molecule has 0 atom stereocenters. The summed E-state index contributed by atoms with van der Waals surface area (Å²) in [4.78, 5) is 23.1. The maximum atomic E-state index is 11.9. The Morgan fingerprint density at radius 1 is 1.00 bits per heavy atom. The number of rotatable bonds is 3. The molecule has 0 unspecified atom stereocenters. The largest absolute Gasteiger partial charge is 0.472 e. The quantitative estimate of drug-likeness (QED) is 0.599. The van der Waals surface area contributed by atoms with Gasteiger partial charge in [0.1, 0.15) is 6.26 Å². The Labute approximate surface area is 97.8 Å². The van der Waals surface area contributed by atoms with E-state index >= 15 is 0 Å². The molecule has 0 radical (unpaired) electrons. The van der Waals surface area contributed by atoms with E-state index in [2.05, 4.69) is 4.74 Å². The van der Waals surface area contributed by atoms with Crippen LogP contribution in [-0.4, -0.2) is 18.9 Å². The van der Waals surface area contributed by atoms with Crippen LogP contribution in [0.5, 0.6) is 0 Å². The highest BCUT2D eigenvalue weighted by Gasteiger charge is 2.11. The number of methoxy groups -OCH3 is 1. The van der Waals surface area contributed by atoms with E-state index in [0.717, 1.165) is 0 Å². The van der Waals surface area contributed by atoms with Crippen LogP contribution in [-0.2, 0) is 4.74 Å². The van der Waals surface area contributed by atoms with Gasteiger partial charge in [-0.1, -0.05) is 12.1 Å². The number of hydrogen-bond donors (Lipinski definition) is 0. The van der Waals surface area contributed by atoms with Crippen LogP contribution >= 0.6 is 0 Å². The summed E-state index contributed by atoms with van der Waals surface area (Å²) in [7, 11) is 1.31. The molecule has 0 fully saturated rings. The Bertz CT molecular complexity index is 523. The highest BCUT2D eigenvalue weighted by Crippen LogP contribution is 2.12. The number of carbonyl (C=O) groups excluding carboxylic acids is 2. The molecular weight excluding hydrogens is 220 g/mol. The Balaban J connectivity index is 2.24. The first-order chi connectivity index (χ1) is 8.22. The summed E-state index contributed by atoms with van der Waals surface area (Å²) in [5, 5.41) is 0. The predicted octanol–water partition coefficient (Wildman–Crippen LogP) is 2.30. The smallest absolute Gasteiger partial charge is 0.337 e. The molecule has 17 heavy (non-hydrogen) atoms. The maximum absolute atomic E-state index is 11.9. The summed E-state index contributed by atoms with van der Waals surface area (Å²) in [6.07, 6.45) is 2.83. The van der Waals surface area contributed by atoms with Crippen molar-refractivity contribution >= 4 is 11.8 Å². The number of carbonyl (C=O) groups is 2. The van der Waals surface area contributed by atoms with Crippen molar-refractivity contribution in [2.45, 2.75) is 0 Å². The van der Waals surface area contributed by atoms with Gasteiger partial charge in [0.15, 0.2) is 5.78 Å². The third-order valence-corrected chi connectivity index (χ3v) is 2.35. The molecule has 0 aliphatic heterocycles. The molecule has 86 valence electrons. The minimum atomic E-state index is -0.424. The summed E-state index contributed by atoms with van der Waals surface area (Å²) in [6.45, 7) is 0. The number of ketones is 1. The summed E-state index contributed by atoms with van der Waals surface area (Å²) in [5.74, 6) is -0.567. The fraction of sp³-hybridized carbons (Fsp3) is 0.0769. The van der Waals surface area contributed by atoms with Gasteiger partial charge in [0, 0.05) is 5.56 Å². The zero-order chi connectivity index (χ0) is 12.3. The zero-order valence-electron chi connectivity index (χ0n) is 9.17. The minimum absolute atomic E-state index is 0.143. The van der Waals surface area contributed by atoms with E-state index in [0.29, 0.717) is 16.7 Å². The molecule has 0 bridgehead atoms. The van der Waals surface area contributed by atoms with Crippen LogP contribution in [0.1, 0.15) is 26.3 Å². The van der Waals surface area contributed by atoms with E-state index in [1.165, 1.54) is 19.6 Å². The molecule has 4 nitrogen and oxygen atoms in total. The Hall–Kier alpha value is -2.36. The first-order valence-corrected chi connectivity index (χ1v) is 4.97. The third-order valence-electron chi connectivity index (χ3n) is 2.35. The van der Waals surface area contributed by atoms with Crippen LogP contribution in [0.25, 0.3) is 0 Å². The first kappa shape index (κ1) is 11.1. The fourth-order valence-corrected chi connectivity index (χ4v) is 1.44. The van der Waals surface area contributed by atoms with Gasteiger partial charge >= 0.3 is 5.97 Å². The van der Waals surface area contributed by atoms with Gasteiger partial charge in [-0.25, -0.2) is 4.79 Å². The van der Waals surface area contributed by atoms with Crippen LogP contribution in [0.3, 0.4) is 0 Å². The highest BCUT2D eigenvalue weighted by atomic mass is 16.5. The average Bonchev–Trinajstić information content (AvgIpc) is 2.91. The summed E-state index contributed by atoms with van der Waals surface area (Å²) < 4.78 is 9.41. The number of benzene rings is 1. The van der Waals surface area contributed by atoms with E-state index in [-0.39, 0.29) is 5.78 Å². The predicted molar refractivity (Wildman–Crippen MR) is 59.9 cm³/mol. The molecule has 0 saturated heterocycles. The topological polar surface area (TPSA) is 56.5 Å². The van der Waals surface area contributed by atoms with Gasteiger partial charge in [0.2, 0.25) is 0 Å². The normalized spacial score (nSPS) is 9.94. The summed E-state index contributed by atoms with van der Waals surface area (Å²) in [5.41, 5.74) is 1.39. The van der Waals surface area contributed by atoms with Gasteiger partial charge in [-0.3, -0.25) is 4.79 Å². The molecule has 2 rings (SSSR count). The van der Waals surface area contributed by atoms with E-state index in [1.54, 1.807) is 30.3 Å². The van der Waals surface area contributed by atoms with E-state index in [4.69, 9.17) is 4.42 Å². The second kappa shape index (κ2) is 4.65. The first-order valence-electron chi connectivity index (χ1n) is 4.97. The number of ether oxygens (including phenoxy) is 1. The van der Waals surface area contributed by atoms with Gasteiger partial charge in [-0.15, -0.1) is 0 Å². The minimum Gasteiger partial charge on any atom is -0.472 e. The van der Waals surface area contributed by atoms with Gasteiger partial charge in [-0.2, -0.15) is 0 Å². The Kier molecular flexibility index (Phi) is 3.05. The van der Waals surface area contributed by atoms with Crippen molar-refractivity contribution in [1.29, 1.82) is 0 Å². The van der Waals surface area contributed by atoms with Crippen LogP contribution in [0.2, 0.25) is 0 Å². The standard InChI is InChI=1S/C13H10O4/c1-16-13(15)10-4-2-9(3-5-10)12(14)11-6-7-17-8-11/h2-8H,1H3. The monoisotopic (exact) mass is 230 g/mol. The van der Waals surface area contributed by atoms with Crippen molar-refractivity contribution in [2.75, 3.05) is 7.11 Å². The molecule has 1 heterocycles. The van der Waals surface area contributed by atoms with Crippen molar-refractivity contribution in [3.05, 3.63) is 59.5 Å². The summed E-state index contributed by atoms with van der Waals surface area (Å²) in [6, 6.07) is 7.87. The lowest BCUT2D eigenvalue weighted by atomic mass is 10.0. The van der Waals surface area contributed by atoms with Crippen LogP contribution < -0.4 is 0 Å². The van der Waals surface area contributed by atoms with Crippen molar-refractivity contribution < 1.29 is 18.7 Å². The lowest BCUT2D eigenvalue weighted by molar-refractivity contribution is 0.0600. The highest BCUT2D eigenvalue weighted by molar-refractivity contribution is 6.09. The average molecular weight is 230 g/mol. The molecule has 0 saturated carbocycles. The lowest BCUT2D eigenvalue weighted by Crippen LogP contribution is -2.03. The molecule has 0 amide bonds. The fourth-order valence-electron chi connectivity index (χ4n) is 1.44. The summed E-state index contributed by atoms with van der Waals surface area (Å²) >= 11 is 0. The van der Waals surface area contributed by atoms with Crippen molar-refractivity contribution in [3.8, 4) is 0 Å². The van der Waals surface area contributed by atoms with Gasteiger partial charge < -0.3 is 9.15 Å². The molecule has 1 aromatic heterocycles. The number of furan rings is 1. The van der Waals surface area contributed by atoms with Crippen LogP contribution in [0.15, 0.2) is 47.3 Å². The van der Waals surface area contributed by atoms with E-state index in [9.17, 15) is 9.59 Å². The zero-order valence-corrected chi connectivity index (χ0v) is 9.17. The maximum Gasteiger partial charge on any atom is 0.337 e. The van der Waals surface area contributed by atoms with Gasteiger partial charge in [0.05, 0.1) is 24.5 Å². The van der Waals surface area contributed by atoms with Crippen LogP contribution in [0.4, 0.5) is 0 Å². The molecular formula is C13H10O4. The number of hydrogen-bond acceptors (Lipinski definition) is 4. The van der Waals surface area contributed by atoms with Gasteiger partial charge in [-0.05, 0) is 18.2 Å². The van der Waals surface area contributed by atoms with Crippen molar-refractivity contribution in [1.82, 2.24) is 0 Å². The van der Waals surface area contributed by atoms with Gasteiger partial charge in [0.25, 0.3) is 0 Å². The van der Waals surface area contributed by atoms with Crippen molar-refractivity contribution in [2.24, 2.45) is 0 Å². The number of esters is 1. The Morgan fingerprint density at radius 3 is 2.18 bits per heavy atom. The SMILES string of the molecule is COC(=O)c1ccc(C(=O)c2ccoc2)cc1. The third kappa shape index (κ3) is 2.25. The molecule has 0 aliphatic carbocycles. The molecule has 0 N–H and O–H groups in total. The second-order valence-corrected chi connectivity index (χ2v) is 3.41. The van der Waals surface area contributed by atoms with Crippen LogP contribution in [0, 0.1) is 0 Å². The second-order valence-electron chi connectivity index (χ2n) is 3.41. The van der Waals surface area contributed by atoms with Crippen molar-refractivity contribution in [3.63, 3.8) is 0 Å². The molecule has 0 spiro atoms. The lowest BCUT2D eigenvalue weighted by Gasteiger charge is -2.01. The molecule has 1 aromatic carbocycles.